The number of pyridine rings is 1. The number of nitrogens with two attached hydrogens (primary N) is 1. The van der Waals surface area contributed by atoms with Crippen LogP contribution in [0.4, 0.5) is 5.82 Å². The van der Waals surface area contributed by atoms with Crippen LogP contribution in [0.15, 0.2) is 42.6 Å². The van der Waals surface area contributed by atoms with E-state index >= 15 is 0 Å². The van der Waals surface area contributed by atoms with E-state index in [0.29, 0.717) is 12.1 Å². The molecule has 0 unspecified atom stereocenters. The van der Waals surface area contributed by atoms with Gasteiger partial charge >= 0.3 is 0 Å². The van der Waals surface area contributed by atoms with E-state index in [9.17, 15) is 0 Å². The van der Waals surface area contributed by atoms with Crippen LogP contribution in [-0.4, -0.2) is 31.2 Å². The van der Waals surface area contributed by atoms with Gasteiger partial charge in [-0.25, -0.2) is 9.27 Å². The van der Waals surface area contributed by atoms with Crippen molar-refractivity contribution in [2.75, 3.05) is 18.5 Å². The molecule has 1 fully saturated rings. The van der Waals surface area contributed by atoms with Gasteiger partial charge in [-0.2, -0.15) is 19.0 Å². The van der Waals surface area contributed by atoms with Crippen LogP contribution in [0.3, 0.4) is 0 Å². The number of ether oxygens (including phenoxy) is 1. The van der Waals surface area contributed by atoms with Gasteiger partial charge in [0.15, 0.2) is 0 Å². The van der Waals surface area contributed by atoms with E-state index in [1.54, 1.807) is 7.11 Å². The van der Waals surface area contributed by atoms with Crippen molar-refractivity contribution in [2.24, 2.45) is 5.73 Å². The molecule has 0 bridgehead atoms. The highest BCUT2D eigenvalue weighted by Crippen LogP contribution is 2.25. The van der Waals surface area contributed by atoms with E-state index in [-0.39, 0.29) is 13.5 Å². The molecule has 3 N–H and O–H groups in total. The number of nitrogens with zero attached hydrogens (tertiary/aromatic N) is 2. The van der Waals surface area contributed by atoms with Crippen LogP contribution in [-0.2, 0) is 4.28 Å². The molecule has 1 aromatic heterocycles. The zero-order valence-electron chi connectivity index (χ0n) is 14.3. The Morgan fingerprint density at radius 3 is 2.40 bits per heavy atom. The fraction of sp³-hybridized carbons (Fsp3) is 0.353. The van der Waals surface area contributed by atoms with Gasteiger partial charge in [0.05, 0.1) is 7.11 Å². The SMILES string of the molecule is COc1ccc(-c2ccc(N(C)SONC3CC(N)C3)nc2)cc1.S. The topological polar surface area (TPSA) is 72.6 Å². The van der Waals surface area contributed by atoms with Gasteiger partial charge in [0.1, 0.15) is 23.8 Å². The number of methoxy groups -OCH3 is 1. The highest BCUT2D eigenvalue weighted by atomic mass is 32.2. The van der Waals surface area contributed by atoms with Crippen molar-refractivity contribution in [3.63, 3.8) is 0 Å². The molecule has 0 amide bonds. The summed E-state index contributed by atoms with van der Waals surface area (Å²) in [5, 5.41) is 0. The quantitative estimate of drug-likeness (QED) is 0.435. The molecule has 3 rings (SSSR count). The van der Waals surface area contributed by atoms with E-state index < -0.39 is 0 Å². The Kier molecular flexibility index (Phi) is 7.39. The number of hydrogen-bond donors (Lipinski definition) is 2. The predicted octanol–water partition coefficient (Wildman–Crippen LogP) is 2.88. The Labute approximate surface area is 159 Å². The fourth-order valence-corrected chi connectivity index (χ4v) is 2.94. The molecule has 0 radical (unpaired) electrons. The first-order chi connectivity index (χ1) is 11.7. The molecule has 8 heteroatoms. The van der Waals surface area contributed by atoms with Gasteiger partial charge in [0, 0.05) is 30.9 Å². The summed E-state index contributed by atoms with van der Waals surface area (Å²) in [6.45, 7) is 0. The van der Waals surface area contributed by atoms with Crippen molar-refractivity contribution in [1.29, 1.82) is 0 Å². The van der Waals surface area contributed by atoms with E-state index in [2.05, 4.69) is 10.5 Å². The number of benzene rings is 1. The number of hydrogen-bond acceptors (Lipinski definition) is 7. The lowest BCUT2D eigenvalue weighted by molar-refractivity contribution is 0.127. The number of nitrogens with one attached hydrogen (secondary N) is 1. The molecule has 0 aliphatic heterocycles. The number of anilines is 1. The first kappa shape index (κ1) is 19.9. The molecule has 25 heavy (non-hydrogen) atoms. The summed E-state index contributed by atoms with van der Waals surface area (Å²) in [4.78, 5) is 4.49. The third kappa shape index (κ3) is 5.26. The summed E-state index contributed by atoms with van der Waals surface area (Å²) in [6, 6.07) is 12.6. The standard InChI is InChI=1S/C17H22N4O2S.H2S/c1-21(24-23-20-15-9-14(18)10-15)17-8-5-13(11-19-17)12-3-6-16(22-2)7-4-12;/h3-8,11,14-15,20H,9-10,18H2,1-2H3;1H2. The molecule has 2 aromatic rings. The number of hydroxylamine groups is 1. The molecule has 0 atom stereocenters. The highest BCUT2D eigenvalue weighted by molar-refractivity contribution is 7.96. The van der Waals surface area contributed by atoms with Gasteiger partial charge in [-0.1, -0.05) is 12.1 Å². The molecule has 136 valence electrons. The highest BCUT2D eigenvalue weighted by Gasteiger charge is 2.26. The predicted molar refractivity (Wildman–Crippen MR) is 108 cm³/mol. The van der Waals surface area contributed by atoms with Crippen LogP contribution in [0.25, 0.3) is 11.1 Å². The monoisotopic (exact) mass is 380 g/mol. The normalized spacial score (nSPS) is 18.8. The summed E-state index contributed by atoms with van der Waals surface area (Å²) in [5.74, 6) is 1.67. The lowest BCUT2D eigenvalue weighted by Gasteiger charge is -2.32. The molecule has 1 aliphatic rings. The van der Waals surface area contributed by atoms with Crippen molar-refractivity contribution in [1.82, 2.24) is 10.5 Å². The largest absolute Gasteiger partial charge is 0.497 e. The maximum atomic E-state index is 5.74. The zero-order chi connectivity index (χ0) is 16.9. The molecule has 1 aromatic carbocycles. The smallest absolute Gasteiger partial charge is 0.139 e. The van der Waals surface area contributed by atoms with Crippen molar-refractivity contribution < 1.29 is 9.02 Å². The second-order valence-corrected chi connectivity index (χ2v) is 6.70. The Hall–Kier alpha value is -1.45. The summed E-state index contributed by atoms with van der Waals surface area (Å²) in [6.07, 6.45) is 3.77. The summed E-state index contributed by atoms with van der Waals surface area (Å²) < 4.78 is 12.5. The van der Waals surface area contributed by atoms with Gasteiger partial charge in [-0.3, -0.25) is 4.31 Å². The maximum absolute atomic E-state index is 5.74. The van der Waals surface area contributed by atoms with Gasteiger partial charge in [-0.15, -0.1) is 0 Å². The van der Waals surface area contributed by atoms with Crippen molar-refractivity contribution in [3.8, 4) is 16.9 Å². The van der Waals surface area contributed by atoms with Crippen LogP contribution in [0.5, 0.6) is 5.75 Å². The first-order valence-electron chi connectivity index (χ1n) is 7.84. The van der Waals surface area contributed by atoms with Crippen molar-refractivity contribution in [2.45, 2.75) is 24.9 Å². The minimum absolute atomic E-state index is 0. The lowest BCUT2D eigenvalue weighted by Crippen LogP contribution is -2.47. The van der Waals surface area contributed by atoms with Crippen LogP contribution in [0.2, 0.25) is 0 Å². The van der Waals surface area contributed by atoms with E-state index in [0.717, 1.165) is 35.5 Å². The molecule has 0 saturated heterocycles. The average molecular weight is 381 g/mol. The minimum Gasteiger partial charge on any atom is -0.497 e. The second-order valence-electron chi connectivity index (χ2n) is 5.84. The maximum Gasteiger partial charge on any atom is 0.139 e. The molecule has 1 heterocycles. The Morgan fingerprint density at radius 1 is 1.16 bits per heavy atom. The molecule has 1 saturated carbocycles. The third-order valence-corrected chi connectivity index (χ3v) is 4.61. The summed E-state index contributed by atoms with van der Waals surface area (Å²) in [5.41, 5.74) is 10.9. The van der Waals surface area contributed by atoms with Crippen molar-refractivity contribution in [3.05, 3.63) is 42.6 Å². The van der Waals surface area contributed by atoms with E-state index in [1.165, 1.54) is 12.2 Å². The zero-order valence-corrected chi connectivity index (χ0v) is 16.1. The van der Waals surface area contributed by atoms with Gasteiger partial charge < -0.3 is 10.5 Å². The van der Waals surface area contributed by atoms with E-state index in [4.69, 9.17) is 14.8 Å². The van der Waals surface area contributed by atoms with Crippen molar-refractivity contribution >= 4 is 31.5 Å². The van der Waals surface area contributed by atoms with Crippen LogP contribution in [0.1, 0.15) is 12.8 Å². The van der Waals surface area contributed by atoms with Crippen LogP contribution < -0.4 is 20.3 Å². The van der Waals surface area contributed by atoms with Crippen LogP contribution >= 0.6 is 25.7 Å². The summed E-state index contributed by atoms with van der Waals surface area (Å²) in [7, 11) is 3.57. The Balaban J connectivity index is 0.00000225. The number of rotatable bonds is 7. The molecular weight excluding hydrogens is 356 g/mol. The fourth-order valence-electron chi connectivity index (χ4n) is 2.47. The Morgan fingerprint density at radius 2 is 1.84 bits per heavy atom. The Bertz CT molecular complexity index is 649. The third-order valence-electron chi connectivity index (χ3n) is 4.03. The number of aromatic nitrogens is 1. The van der Waals surface area contributed by atoms with Gasteiger partial charge in [0.25, 0.3) is 0 Å². The van der Waals surface area contributed by atoms with Crippen LogP contribution in [0, 0.1) is 0 Å². The lowest BCUT2D eigenvalue weighted by atomic mass is 9.88. The average Bonchev–Trinajstić information content (AvgIpc) is 2.60. The molecule has 1 aliphatic carbocycles. The minimum atomic E-state index is 0. The summed E-state index contributed by atoms with van der Waals surface area (Å²) >= 11 is 1.22. The van der Waals surface area contributed by atoms with Gasteiger partial charge in [-0.05, 0) is 42.7 Å². The molecular formula is C17H24N4O2S2. The molecule has 6 nitrogen and oxygen atoms in total. The first-order valence-corrected chi connectivity index (χ1v) is 8.54. The molecule has 0 spiro atoms. The van der Waals surface area contributed by atoms with E-state index in [1.807, 2.05) is 53.9 Å². The van der Waals surface area contributed by atoms with Gasteiger partial charge in [0.2, 0.25) is 0 Å². The second kappa shape index (κ2) is 9.30.